The van der Waals surface area contributed by atoms with Gasteiger partial charge in [-0.1, -0.05) is 30.3 Å². The largest absolute Gasteiger partial charge is 0.454 e. The molecule has 4 heterocycles. The molecule has 1 amide bonds. The minimum atomic E-state index is -0.217. The summed E-state index contributed by atoms with van der Waals surface area (Å²) in [6, 6.07) is 18.1. The van der Waals surface area contributed by atoms with Crippen LogP contribution >= 0.6 is 11.3 Å². The number of hydrogen-bond donors (Lipinski definition) is 1. The van der Waals surface area contributed by atoms with Crippen LogP contribution in [0.15, 0.2) is 66.1 Å². The Balaban J connectivity index is 1.45. The van der Waals surface area contributed by atoms with Crippen LogP contribution in [0.1, 0.15) is 27.7 Å². The third-order valence-corrected chi connectivity index (χ3v) is 6.80. The number of nitrogens with zero attached hydrogens (tertiary/aromatic N) is 1. The van der Waals surface area contributed by atoms with Crippen molar-refractivity contribution in [2.24, 2.45) is 0 Å². The van der Waals surface area contributed by atoms with Crippen molar-refractivity contribution in [1.82, 2.24) is 9.88 Å². The molecule has 0 unspecified atom stereocenters. The van der Waals surface area contributed by atoms with Gasteiger partial charge in [0.25, 0.3) is 0 Å². The Morgan fingerprint density at radius 1 is 1.10 bits per heavy atom. The van der Waals surface area contributed by atoms with Crippen LogP contribution in [0.4, 0.5) is 0 Å². The van der Waals surface area contributed by atoms with Crippen LogP contribution in [-0.4, -0.2) is 29.1 Å². The van der Waals surface area contributed by atoms with E-state index in [0.29, 0.717) is 6.54 Å². The zero-order chi connectivity index (χ0) is 20.8. The number of amides is 1. The number of nitrogens with one attached hydrogen (secondary N) is 1. The van der Waals surface area contributed by atoms with Gasteiger partial charge in [-0.3, -0.25) is 4.79 Å². The number of carbonyl (C=O) groups excluding carboxylic acids is 1. The van der Waals surface area contributed by atoms with Crippen LogP contribution < -0.4 is 9.47 Å². The zero-order valence-electron chi connectivity index (χ0n) is 16.7. The first kappa shape index (κ1) is 18.3. The molecule has 2 aromatic heterocycles. The lowest BCUT2D eigenvalue weighted by Crippen LogP contribution is -2.39. The molecule has 2 aliphatic rings. The van der Waals surface area contributed by atoms with Gasteiger partial charge in [0.2, 0.25) is 12.7 Å². The molecule has 0 spiro atoms. The van der Waals surface area contributed by atoms with E-state index < -0.39 is 0 Å². The van der Waals surface area contributed by atoms with E-state index in [4.69, 9.17) is 9.47 Å². The standard InChI is InChI=1S/C25H20N2O3S/c28-23(10-8-17-4-3-13-31-17)27-12-11-19-18-5-1-2-6-20(18)26-24(19)25(27)16-7-9-21-22(14-16)30-15-29-21/h1-10,13-14,25-26H,11-12,15H2/t25-/m1/s1. The molecule has 0 saturated carbocycles. The Labute approximate surface area is 183 Å². The van der Waals surface area contributed by atoms with Crippen molar-refractivity contribution in [3.05, 3.63) is 87.8 Å². The van der Waals surface area contributed by atoms with Crippen LogP contribution in [0.3, 0.4) is 0 Å². The summed E-state index contributed by atoms with van der Waals surface area (Å²) in [7, 11) is 0. The minimum absolute atomic E-state index is 0.000345. The number of aromatic amines is 1. The fourth-order valence-electron chi connectivity index (χ4n) is 4.54. The van der Waals surface area contributed by atoms with E-state index in [0.717, 1.165) is 39.6 Å². The van der Waals surface area contributed by atoms with E-state index in [9.17, 15) is 4.79 Å². The summed E-state index contributed by atoms with van der Waals surface area (Å²) in [6.07, 6.45) is 4.39. The fourth-order valence-corrected chi connectivity index (χ4v) is 5.16. The number of aromatic nitrogens is 1. The summed E-state index contributed by atoms with van der Waals surface area (Å²) in [5, 5.41) is 3.24. The molecule has 1 N–H and O–H groups in total. The fraction of sp³-hybridized carbons (Fsp3) is 0.160. The molecular formula is C25H20N2O3S. The molecule has 6 heteroatoms. The molecule has 6 rings (SSSR count). The van der Waals surface area contributed by atoms with Crippen molar-refractivity contribution in [1.29, 1.82) is 0 Å². The van der Waals surface area contributed by atoms with Crippen molar-refractivity contribution in [2.75, 3.05) is 13.3 Å². The first-order chi connectivity index (χ1) is 15.3. The first-order valence-electron chi connectivity index (χ1n) is 10.3. The zero-order valence-corrected chi connectivity index (χ0v) is 17.5. The quantitative estimate of drug-likeness (QED) is 0.460. The lowest BCUT2D eigenvalue weighted by atomic mass is 9.92. The number of carbonyl (C=O) groups is 1. The van der Waals surface area contributed by atoms with Gasteiger partial charge in [0.15, 0.2) is 11.5 Å². The Morgan fingerprint density at radius 2 is 2.00 bits per heavy atom. The minimum Gasteiger partial charge on any atom is -0.454 e. The third-order valence-electron chi connectivity index (χ3n) is 5.96. The highest BCUT2D eigenvalue weighted by Crippen LogP contribution is 2.42. The summed E-state index contributed by atoms with van der Waals surface area (Å²) < 4.78 is 11.1. The highest BCUT2D eigenvalue weighted by Gasteiger charge is 2.34. The predicted molar refractivity (Wildman–Crippen MR) is 121 cm³/mol. The predicted octanol–water partition coefficient (Wildman–Crippen LogP) is 5.15. The molecule has 0 fully saturated rings. The van der Waals surface area contributed by atoms with E-state index in [2.05, 4.69) is 23.2 Å². The molecule has 0 aliphatic carbocycles. The van der Waals surface area contributed by atoms with Gasteiger partial charge in [-0.25, -0.2) is 0 Å². The Hall–Kier alpha value is -3.51. The third kappa shape index (κ3) is 3.11. The van der Waals surface area contributed by atoms with Crippen molar-refractivity contribution in [2.45, 2.75) is 12.5 Å². The maximum absolute atomic E-state index is 13.3. The van der Waals surface area contributed by atoms with E-state index in [1.165, 1.54) is 10.9 Å². The Morgan fingerprint density at radius 3 is 2.90 bits per heavy atom. The number of ether oxygens (including phenoxy) is 2. The molecule has 1 atom stereocenters. The molecule has 2 aromatic carbocycles. The second-order valence-corrected chi connectivity index (χ2v) is 8.69. The van der Waals surface area contributed by atoms with Gasteiger partial charge < -0.3 is 19.4 Å². The number of hydrogen-bond acceptors (Lipinski definition) is 4. The van der Waals surface area contributed by atoms with E-state index in [-0.39, 0.29) is 18.7 Å². The van der Waals surface area contributed by atoms with Crippen LogP contribution in [0, 0.1) is 0 Å². The topological polar surface area (TPSA) is 54.6 Å². The number of H-pyrrole nitrogens is 1. The van der Waals surface area contributed by atoms with Crippen LogP contribution in [-0.2, 0) is 11.2 Å². The smallest absolute Gasteiger partial charge is 0.247 e. The Bertz CT molecular complexity index is 1310. The maximum Gasteiger partial charge on any atom is 0.247 e. The molecule has 154 valence electrons. The second kappa shape index (κ2) is 7.32. The van der Waals surface area contributed by atoms with Crippen LogP contribution in [0.5, 0.6) is 11.5 Å². The van der Waals surface area contributed by atoms with Gasteiger partial charge in [0.05, 0.1) is 6.04 Å². The summed E-state index contributed by atoms with van der Waals surface area (Å²) in [5.74, 6) is 1.47. The number of benzene rings is 2. The molecule has 0 bridgehead atoms. The van der Waals surface area contributed by atoms with Crippen molar-refractivity contribution < 1.29 is 14.3 Å². The van der Waals surface area contributed by atoms with Crippen molar-refractivity contribution >= 4 is 34.2 Å². The summed E-state index contributed by atoms with van der Waals surface area (Å²) in [4.78, 5) is 19.9. The second-order valence-electron chi connectivity index (χ2n) is 7.71. The maximum atomic E-state index is 13.3. The van der Waals surface area contributed by atoms with Gasteiger partial charge >= 0.3 is 0 Å². The van der Waals surface area contributed by atoms with Crippen molar-refractivity contribution in [3.63, 3.8) is 0 Å². The summed E-state index contributed by atoms with van der Waals surface area (Å²) >= 11 is 1.62. The molecule has 0 radical (unpaired) electrons. The molecule has 5 nitrogen and oxygen atoms in total. The average Bonchev–Trinajstić information content (AvgIpc) is 3.55. The summed E-state index contributed by atoms with van der Waals surface area (Å²) in [5.41, 5.74) is 4.46. The monoisotopic (exact) mass is 428 g/mol. The Kier molecular flexibility index (Phi) is 4.32. The normalized spacial score (nSPS) is 17.4. The number of rotatable bonds is 3. The van der Waals surface area contributed by atoms with E-state index >= 15 is 0 Å². The first-order valence-corrected chi connectivity index (χ1v) is 11.2. The van der Waals surface area contributed by atoms with E-state index in [1.807, 2.05) is 52.8 Å². The number of para-hydroxylation sites is 1. The van der Waals surface area contributed by atoms with Crippen molar-refractivity contribution in [3.8, 4) is 11.5 Å². The SMILES string of the molecule is O=C(C=Cc1cccs1)N1CCc2c([nH]c3ccccc23)[C@H]1c1ccc2c(c1)OCO2. The highest BCUT2D eigenvalue weighted by molar-refractivity contribution is 7.10. The average molecular weight is 429 g/mol. The molecule has 0 saturated heterocycles. The highest BCUT2D eigenvalue weighted by atomic mass is 32.1. The number of fused-ring (bicyclic) bond motifs is 4. The van der Waals surface area contributed by atoms with E-state index in [1.54, 1.807) is 17.4 Å². The van der Waals surface area contributed by atoms with Gasteiger partial charge in [-0.15, -0.1) is 11.3 Å². The molecule has 4 aromatic rings. The lowest BCUT2D eigenvalue weighted by molar-refractivity contribution is -0.128. The molecule has 31 heavy (non-hydrogen) atoms. The molecule has 2 aliphatic heterocycles. The van der Waals surface area contributed by atoms with Crippen LogP contribution in [0.2, 0.25) is 0 Å². The lowest BCUT2D eigenvalue weighted by Gasteiger charge is -2.35. The van der Waals surface area contributed by atoms with Gasteiger partial charge in [0, 0.05) is 34.1 Å². The van der Waals surface area contributed by atoms with Gasteiger partial charge in [-0.05, 0) is 53.3 Å². The van der Waals surface area contributed by atoms with Gasteiger partial charge in [-0.2, -0.15) is 0 Å². The van der Waals surface area contributed by atoms with Crippen LogP contribution in [0.25, 0.3) is 17.0 Å². The number of thiophene rings is 1. The summed E-state index contributed by atoms with van der Waals surface area (Å²) in [6.45, 7) is 0.884. The van der Waals surface area contributed by atoms with Gasteiger partial charge in [0.1, 0.15) is 0 Å². The molecular weight excluding hydrogens is 408 g/mol.